The van der Waals surface area contributed by atoms with Crippen molar-refractivity contribution in [1.29, 1.82) is 0 Å². The molecule has 3 rings (SSSR count). The molecule has 0 aliphatic heterocycles. The molecule has 0 radical (unpaired) electrons. The van der Waals surface area contributed by atoms with Crippen molar-refractivity contribution in [2.45, 2.75) is 6.18 Å². The van der Waals surface area contributed by atoms with Crippen LogP contribution in [0.4, 0.5) is 24.5 Å². The van der Waals surface area contributed by atoms with Crippen LogP contribution >= 0.6 is 0 Å². The molecular formula is C36H46F3NO10. The van der Waals surface area contributed by atoms with Gasteiger partial charge in [-0.1, -0.05) is 36.4 Å². The third-order valence-corrected chi connectivity index (χ3v) is 6.55. The average molecular weight is 710 g/mol. The Balaban J connectivity index is 1.05. The van der Waals surface area contributed by atoms with E-state index in [9.17, 15) is 18.0 Å². The van der Waals surface area contributed by atoms with Gasteiger partial charge in [-0.2, -0.15) is 13.2 Å². The molecule has 276 valence electrons. The summed E-state index contributed by atoms with van der Waals surface area (Å²) in [4.78, 5) is 12.6. The van der Waals surface area contributed by atoms with Crippen molar-refractivity contribution in [2.24, 2.45) is 0 Å². The van der Waals surface area contributed by atoms with Gasteiger partial charge in [-0.3, -0.25) is 0 Å². The van der Waals surface area contributed by atoms with Crippen LogP contribution in [0.1, 0.15) is 15.9 Å². The predicted octanol–water partition coefficient (Wildman–Crippen LogP) is 5.80. The topological polar surface area (TPSA) is 112 Å². The maximum atomic E-state index is 13.0. The van der Waals surface area contributed by atoms with Crippen molar-refractivity contribution in [2.75, 3.05) is 111 Å². The van der Waals surface area contributed by atoms with E-state index in [1.165, 1.54) is 18.2 Å². The summed E-state index contributed by atoms with van der Waals surface area (Å²) in [5.41, 5.74) is -0.0846. The fourth-order valence-corrected chi connectivity index (χ4v) is 4.13. The molecule has 0 fully saturated rings. The van der Waals surface area contributed by atoms with E-state index >= 15 is 0 Å². The van der Waals surface area contributed by atoms with Crippen LogP contribution in [-0.4, -0.2) is 112 Å². The zero-order valence-electron chi connectivity index (χ0n) is 28.0. The monoisotopic (exact) mass is 709 g/mol. The molecule has 14 heteroatoms. The van der Waals surface area contributed by atoms with E-state index in [1.807, 2.05) is 30.3 Å². The van der Waals surface area contributed by atoms with E-state index in [2.05, 4.69) is 5.32 Å². The zero-order valence-corrected chi connectivity index (χ0v) is 28.0. The first-order chi connectivity index (χ1) is 24.4. The number of anilines is 2. The highest BCUT2D eigenvalue weighted by Crippen LogP contribution is 2.32. The van der Waals surface area contributed by atoms with Gasteiger partial charge < -0.3 is 47.9 Å². The molecule has 0 unspecified atom stereocenters. The number of benzene rings is 3. The van der Waals surface area contributed by atoms with Crippen molar-refractivity contribution in [3.8, 4) is 5.75 Å². The van der Waals surface area contributed by atoms with Gasteiger partial charge in [0.25, 0.3) is 0 Å². The maximum absolute atomic E-state index is 13.0. The van der Waals surface area contributed by atoms with Gasteiger partial charge in [0.15, 0.2) is 0 Å². The van der Waals surface area contributed by atoms with Crippen molar-refractivity contribution >= 4 is 17.3 Å². The standard InChI is InChI=1S/C36H46F3NO10/c37-36(38,39)30-7-6-8-31(29-30)40-34-12-5-4-11-33(34)35(41)50-28-26-48-24-22-46-20-18-44-16-14-42-13-15-43-17-19-45-21-23-47-25-27-49-32-9-2-1-3-10-32/h1-12,29,40H,13-28H2. The Bertz CT molecular complexity index is 1320. The van der Waals surface area contributed by atoms with Gasteiger partial charge in [0.2, 0.25) is 0 Å². The predicted molar refractivity (Wildman–Crippen MR) is 179 cm³/mol. The molecule has 1 N–H and O–H groups in total. The first-order valence-electron chi connectivity index (χ1n) is 16.4. The van der Waals surface area contributed by atoms with Crippen LogP contribution < -0.4 is 10.1 Å². The molecule has 0 spiro atoms. The number of halogens is 3. The molecule has 3 aromatic rings. The Morgan fingerprint density at radius 3 is 1.50 bits per heavy atom. The Hall–Kier alpha value is -3.76. The van der Waals surface area contributed by atoms with Gasteiger partial charge in [-0.15, -0.1) is 0 Å². The normalized spacial score (nSPS) is 11.4. The smallest absolute Gasteiger partial charge is 0.416 e. The Morgan fingerprint density at radius 2 is 0.980 bits per heavy atom. The average Bonchev–Trinajstić information content (AvgIpc) is 3.12. The van der Waals surface area contributed by atoms with Gasteiger partial charge in [-0.05, 0) is 42.5 Å². The molecule has 0 aliphatic rings. The molecule has 0 aliphatic carbocycles. The van der Waals surface area contributed by atoms with Gasteiger partial charge in [-0.25, -0.2) is 4.79 Å². The second-order valence-electron chi connectivity index (χ2n) is 10.3. The lowest BCUT2D eigenvalue weighted by Gasteiger charge is -2.13. The number of alkyl halides is 3. The summed E-state index contributed by atoms with van der Waals surface area (Å²) in [5, 5.41) is 2.86. The number of carbonyl (C=O) groups is 1. The molecule has 0 atom stereocenters. The summed E-state index contributed by atoms with van der Waals surface area (Å²) in [7, 11) is 0. The van der Waals surface area contributed by atoms with Crippen LogP contribution in [0.2, 0.25) is 0 Å². The first-order valence-corrected chi connectivity index (χ1v) is 16.4. The third-order valence-electron chi connectivity index (χ3n) is 6.55. The van der Waals surface area contributed by atoms with Crippen LogP contribution in [0.15, 0.2) is 78.9 Å². The van der Waals surface area contributed by atoms with E-state index < -0.39 is 17.7 Å². The molecule has 11 nitrogen and oxygen atoms in total. The SMILES string of the molecule is O=C(OCCOCCOCCOCCOCCOCCOCCOCCOc1ccccc1)c1ccccc1Nc1cccc(C(F)(F)F)c1. The number of para-hydroxylation sites is 2. The van der Waals surface area contributed by atoms with Gasteiger partial charge in [0.1, 0.15) is 19.0 Å². The molecule has 0 aromatic heterocycles. The number of hydrogen-bond acceptors (Lipinski definition) is 11. The van der Waals surface area contributed by atoms with E-state index in [-0.39, 0.29) is 24.5 Å². The van der Waals surface area contributed by atoms with E-state index in [0.29, 0.717) is 98.2 Å². The van der Waals surface area contributed by atoms with Crippen LogP contribution in [-0.2, 0) is 44.1 Å². The van der Waals surface area contributed by atoms with Gasteiger partial charge in [0, 0.05) is 5.69 Å². The molecule has 3 aromatic carbocycles. The maximum Gasteiger partial charge on any atom is 0.416 e. The molecule has 0 saturated heterocycles. The lowest BCUT2D eigenvalue weighted by atomic mass is 10.1. The Kier molecular flexibility index (Phi) is 20.5. The molecule has 0 saturated carbocycles. The summed E-state index contributed by atoms with van der Waals surface area (Å²) >= 11 is 0. The summed E-state index contributed by atoms with van der Waals surface area (Å²) in [5.74, 6) is 0.197. The summed E-state index contributed by atoms with van der Waals surface area (Å²) in [6, 6.07) is 20.7. The Labute approximate surface area is 290 Å². The van der Waals surface area contributed by atoms with Gasteiger partial charge >= 0.3 is 12.1 Å². The minimum atomic E-state index is -4.48. The van der Waals surface area contributed by atoms with Crippen molar-refractivity contribution in [1.82, 2.24) is 0 Å². The minimum Gasteiger partial charge on any atom is -0.491 e. The molecule has 50 heavy (non-hydrogen) atoms. The first kappa shape index (κ1) is 40.7. The van der Waals surface area contributed by atoms with Crippen molar-refractivity contribution in [3.05, 3.63) is 90.0 Å². The molecule has 0 bridgehead atoms. The minimum absolute atomic E-state index is 0.000792. The number of hydrogen-bond donors (Lipinski definition) is 1. The number of ether oxygens (including phenoxy) is 9. The molecule has 0 amide bonds. The van der Waals surface area contributed by atoms with Crippen LogP contribution in [0.5, 0.6) is 5.75 Å². The number of carbonyl (C=O) groups excluding carboxylic acids is 1. The number of nitrogens with one attached hydrogen (secondary N) is 1. The number of esters is 1. The summed E-state index contributed by atoms with van der Waals surface area (Å²) in [6.07, 6.45) is -4.48. The fourth-order valence-electron chi connectivity index (χ4n) is 4.13. The highest BCUT2D eigenvalue weighted by molar-refractivity contribution is 5.96. The quantitative estimate of drug-likeness (QED) is 0.0730. The largest absolute Gasteiger partial charge is 0.491 e. The highest BCUT2D eigenvalue weighted by Gasteiger charge is 2.30. The van der Waals surface area contributed by atoms with Crippen LogP contribution in [0.3, 0.4) is 0 Å². The second-order valence-corrected chi connectivity index (χ2v) is 10.3. The second kappa shape index (κ2) is 25.2. The molecular weight excluding hydrogens is 663 g/mol. The van der Waals surface area contributed by atoms with Crippen molar-refractivity contribution in [3.63, 3.8) is 0 Å². The van der Waals surface area contributed by atoms with E-state index in [4.69, 9.17) is 42.6 Å². The van der Waals surface area contributed by atoms with Crippen LogP contribution in [0.25, 0.3) is 0 Å². The molecule has 0 heterocycles. The lowest BCUT2D eigenvalue weighted by Crippen LogP contribution is -2.16. The lowest BCUT2D eigenvalue weighted by molar-refractivity contribution is -0.137. The summed E-state index contributed by atoms with van der Waals surface area (Å²) < 4.78 is 88.1. The van der Waals surface area contributed by atoms with Crippen molar-refractivity contribution < 1.29 is 60.6 Å². The number of rotatable bonds is 28. The van der Waals surface area contributed by atoms with Crippen LogP contribution in [0, 0.1) is 0 Å². The fraction of sp³-hybridized carbons (Fsp3) is 0.472. The van der Waals surface area contributed by atoms with E-state index in [1.54, 1.807) is 18.2 Å². The Morgan fingerprint density at radius 1 is 0.520 bits per heavy atom. The summed E-state index contributed by atoms with van der Waals surface area (Å²) in [6.45, 7) is 6.35. The van der Waals surface area contributed by atoms with E-state index in [0.717, 1.165) is 17.9 Å². The highest BCUT2D eigenvalue weighted by atomic mass is 19.4. The zero-order chi connectivity index (χ0) is 35.5. The van der Waals surface area contributed by atoms with Gasteiger partial charge in [0.05, 0.1) is 109 Å². The third kappa shape index (κ3) is 18.3.